The third kappa shape index (κ3) is 5.87. The van der Waals surface area contributed by atoms with Crippen LogP contribution in [0.1, 0.15) is 24.2 Å². The Balaban J connectivity index is 1.32. The molecular weight excluding hydrogens is 552 g/mol. The number of ether oxygens (including phenoxy) is 2. The van der Waals surface area contributed by atoms with Gasteiger partial charge in [-0.3, -0.25) is 14.4 Å². The number of rotatable bonds is 9. The Kier molecular flexibility index (Phi) is 8.46. The van der Waals surface area contributed by atoms with E-state index in [4.69, 9.17) is 9.47 Å². The number of nitrogens with zero attached hydrogens (tertiary/aromatic N) is 3. The Morgan fingerprint density at radius 2 is 1.75 bits per heavy atom. The first kappa shape index (κ1) is 27.8. The minimum Gasteiger partial charge on any atom is -0.459 e. The third-order valence-corrected chi connectivity index (χ3v) is 9.01. The van der Waals surface area contributed by atoms with Crippen LogP contribution in [0.3, 0.4) is 0 Å². The first-order valence-electron chi connectivity index (χ1n) is 12.6. The highest BCUT2D eigenvalue weighted by atomic mass is 32.2. The molecule has 0 spiro atoms. The number of β-lactam (4-membered cyclic amide) rings is 1. The molecule has 0 aliphatic carbocycles. The normalized spacial score (nSPS) is 21.8. The van der Waals surface area contributed by atoms with Gasteiger partial charge >= 0.3 is 11.9 Å². The highest BCUT2D eigenvalue weighted by Crippen LogP contribution is 2.40. The summed E-state index contributed by atoms with van der Waals surface area (Å²) in [6.07, 6.45) is 1.81. The maximum absolute atomic E-state index is 13.8. The second kappa shape index (κ2) is 12.2. The van der Waals surface area contributed by atoms with E-state index >= 15 is 0 Å². The molecule has 1 N–H and O–H groups in total. The van der Waals surface area contributed by atoms with Crippen molar-refractivity contribution in [3.8, 4) is 0 Å². The van der Waals surface area contributed by atoms with Crippen molar-refractivity contribution in [3.63, 3.8) is 0 Å². The van der Waals surface area contributed by atoms with Crippen LogP contribution < -0.4 is 5.32 Å². The third-order valence-electron chi connectivity index (χ3n) is 6.59. The van der Waals surface area contributed by atoms with Gasteiger partial charge in [0, 0.05) is 32.1 Å². The second-order valence-corrected chi connectivity index (χ2v) is 11.4. The zero-order valence-electron chi connectivity index (χ0n) is 21.8. The standard InChI is InChI=1S/C28H28N4O6S2/c1-17(33)37-20-15-39-26-22(30-21(34)16-40-28-29-13-14-31(28)2)25(35)32(26)23(20)27(36)38-24(18-9-5-3-6-10-18)19-11-7-4-8-12-19/h3-14,20,22-24,26H,15-16H2,1-2H3,(H,30,34)/t20?,22-,23-,26-/m1/s1. The Labute approximate surface area is 239 Å². The quantitative estimate of drug-likeness (QED) is 0.231. The molecule has 4 atom stereocenters. The Hall–Kier alpha value is -3.77. The lowest BCUT2D eigenvalue weighted by molar-refractivity contribution is -0.178. The van der Waals surface area contributed by atoms with E-state index in [1.165, 1.54) is 35.3 Å². The zero-order valence-corrected chi connectivity index (χ0v) is 23.5. The number of benzene rings is 2. The topological polar surface area (TPSA) is 120 Å². The van der Waals surface area contributed by atoms with Crippen LogP contribution in [0.5, 0.6) is 0 Å². The van der Waals surface area contributed by atoms with Crippen molar-refractivity contribution in [1.29, 1.82) is 0 Å². The van der Waals surface area contributed by atoms with Gasteiger partial charge in [0.25, 0.3) is 0 Å². The summed E-state index contributed by atoms with van der Waals surface area (Å²) in [7, 11) is 1.83. The van der Waals surface area contributed by atoms with E-state index in [1.807, 2.05) is 67.7 Å². The van der Waals surface area contributed by atoms with E-state index in [2.05, 4.69) is 10.3 Å². The molecule has 12 heteroatoms. The van der Waals surface area contributed by atoms with Gasteiger partial charge in [0.15, 0.2) is 17.3 Å². The van der Waals surface area contributed by atoms with Crippen LogP contribution in [0.2, 0.25) is 0 Å². The van der Waals surface area contributed by atoms with Crippen LogP contribution in [-0.4, -0.2) is 73.3 Å². The average Bonchev–Trinajstić information content (AvgIpc) is 3.38. The van der Waals surface area contributed by atoms with Gasteiger partial charge in [-0.1, -0.05) is 72.4 Å². The van der Waals surface area contributed by atoms with Crippen LogP contribution in [0.15, 0.2) is 78.2 Å². The number of imidazole rings is 1. The highest BCUT2D eigenvalue weighted by Gasteiger charge is 2.59. The van der Waals surface area contributed by atoms with E-state index in [1.54, 1.807) is 17.0 Å². The molecule has 5 rings (SSSR count). The van der Waals surface area contributed by atoms with Crippen molar-refractivity contribution in [2.24, 2.45) is 7.05 Å². The van der Waals surface area contributed by atoms with Gasteiger partial charge in [0.1, 0.15) is 17.5 Å². The monoisotopic (exact) mass is 580 g/mol. The lowest BCUT2D eigenvalue weighted by atomic mass is 9.98. The Morgan fingerprint density at radius 1 is 1.10 bits per heavy atom. The van der Waals surface area contributed by atoms with Crippen LogP contribution in [0, 0.1) is 0 Å². The van der Waals surface area contributed by atoms with Gasteiger partial charge in [0.05, 0.1) is 5.75 Å². The van der Waals surface area contributed by atoms with Crippen molar-refractivity contribution >= 4 is 47.3 Å². The van der Waals surface area contributed by atoms with E-state index in [0.29, 0.717) is 5.16 Å². The highest BCUT2D eigenvalue weighted by molar-refractivity contribution is 8.00. The molecule has 1 aromatic heterocycles. The fraction of sp³-hybridized carbons (Fsp3) is 0.321. The van der Waals surface area contributed by atoms with Crippen molar-refractivity contribution in [2.45, 2.75) is 41.7 Å². The molecule has 2 fully saturated rings. The number of aromatic nitrogens is 2. The number of carbonyl (C=O) groups excluding carboxylic acids is 4. The molecule has 208 valence electrons. The minimum atomic E-state index is -1.15. The smallest absolute Gasteiger partial charge is 0.333 e. The summed E-state index contributed by atoms with van der Waals surface area (Å²) >= 11 is 2.61. The molecule has 2 amide bonds. The number of aryl methyl sites for hydroxylation is 1. The van der Waals surface area contributed by atoms with Crippen molar-refractivity contribution in [2.75, 3.05) is 11.5 Å². The first-order chi connectivity index (χ1) is 19.3. The van der Waals surface area contributed by atoms with Crippen molar-refractivity contribution in [1.82, 2.24) is 19.8 Å². The molecule has 40 heavy (non-hydrogen) atoms. The van der Waals surface area contributed by atoms with Gasteiger partial charge in [0.2, 0.25) is 11.8 Å². The van der Waals surface area contributed by atoms with Crippen molar-refractivity contribution in [3.05, 3.63) is 84.2 Å². The molecule has 2 aliphatic rings. The maximum Gasteiger partial charge on any atom is 0.333 e. The summed E-state index contributed by atoms with van der Waals surface area (Å²) in [5.74, 6) is -1.64. The largest absolute Gasteiger partial charge is 0.459 e. The molecule has 2 saturated heterocycles. The van der Waals surface area contributed by atoms with Gasteiger partial charge in [-0.15, -0.1) is 11.8 Å². The van der Waals surface area contributed by atoms with E-state index in [9.17, 15) is 19.2 Å². The molecule has 0 saturated carbocycles. The number of hydrogen-bond acceptors (Lipinski definition) is 9. The summed E-state index contributed by atoms with van der Waals surface area (Å²) in [5, 5.41) is 2.97. The fourth-order valence-electron chi connectivity index (χ4n) is 4.74. The lowest BCUT2D eigenvalue weighted by Crippen LogP contribution is -2.77. The molecule has 10 nitrogen and oxygen atoms in total. The number of fused-ring (bicyclic) bond motifs is 1. The summed E-state index contributed by atoms with van der Waals surface area (Å²) in [5.41, 5.74) is 1.52. The first-order valence-corrected chi connectivity index (χ1v) is 14.7. The second-order valence-electron chi connectivity index (χ2n) is 9.36. The number of hydrogen-bond donors (Lipinski definition) is 1. The number of amides is 2. The predicted octanol–water partition coefficient (Wildman–Crippen LogP) is 2.55. The van der Waals surface area contributed by atoms with Gasteiger partial charge < -0.3 is 24.3 Å². The Morgan fingerprint density at radius 3 is 2.33 bits per heavy atom. The molecule has 1 unspecified atom stereocenters. The van der Waals surface area contributed by atoms with Crippen LogP contribution in [-0.2, 0) is 35.7 Å². The van der Waals surface area contributed by atoms with Crippen LogP contribution >= 0.6 is 23.5 Å². The summed E-state index contributed by atoms with van der Waals surface area (Å²) in [6, 6.07) is 16.6. The summed E-state index contributed by atoms with van der Waals surface area (Å²) in [4.78, 5) is 57.2. The van der Waals surface area contributed by atoms with Crippen molar-refractivity contribution < 1.29 is 28.7 Å². The molecule has 2 aromatic carbocycles. The lowest BCUT2D eigenvalue weighted by Gasteiger charge is -2.54. The zero-order chi connectivity index (χ0) is 28.2. The number of thioether (sulfide) groups is 2. The number of esters is 2. The van der Waals surface area contributed by atoms with Gasteiger partial charge in [-0.05, 0) is 11.1 Å². The molecule has 2 aliphatic heterocycles. The minimum absolute atomic E-state index is 0.0867. The molecule has 0 radical (unpaired) electrons. The SMILES string of the molecule is CC(=O)OC1CS[C@@H]2[C@H](NC(=O)CSc3nccn3C)C(=O)N2[C@H]1C(=O)OC(c1ccccc1)c1ccccc1. The molecular formula is C28H28N4O6S2. The Bertz CT molecular complexity index is 1350. The predicted molar refractivity (Wildman–Crippen MR) is 149 cm³/mol. The van der Waals surface area contributed by atoms with Gasteiger partial charge in [-0.2, -0.15) is 0 Å². The number of carbonyl (C=O) groups is 4. The van der Waals surface area contributed by atoms with Crippen LogP contribution in [0.25, 0.3) is 0 Å². The maximum atomic E-state index is 13.8. The van der Waals surface area contributed by atoms with Crippen LogP contribution in [0.4, 0.5) is 0 Å². The average molecular weight is 581 g/mol. The van der Waals surface area contributed by atoms with E-state index in [-0.39, 0.29) is 17.4 Å². The molecule has 3 heterocycles. The van der Waals surface area contributed by atoms with E-state index < -0.39 is 47.5 Å². The van der Waals surface area contributed by atoms with Gasteiger partial charge in [-0.25, -0.2) is 9.78 Å². The fourth-order valence-corrected chi connectivity index (χ4v) is 6.89. The molecule has 3 aromatic rings. The van der Waals surface area contributed by atoms with E-state index in [0.717, 1.165) is 11.1 Å². The summed E-state index contributed by atoms with van der Waals surface area (Å²) in [6.45, 7) is 1.26. The number of nitrogens with one attached hydrogen (secondary N) is 1. The molecule has 0 bridgehead atoms. The summed E-state index contributed by atoms with van der Waals surface area (Å²) < 4.78 is 13.3.